The number of fused-ring (bicyclic) bond motifs is 1. The predicted octanol–water partition coefficient (Wildman–Crippen LogP) is 3.34. The molecular weight excluding hydrogens is 412 g/mol. The first-order valence-electron chi connectivity index (χ1n) is 10.3. The number of hydrogen-bond acceptors (Lipinski definition) is 5. The van der Waals surface area contributed by atoms with Gasteiger partial charge in [0.25, 0.3) is 0 Å². The number of amides is 1. The molecule has 31 heavy (non-hydrogen) atoms. The van der Waals surface area contributed by atoms with E-state index in [0.717, 1.165) is 39.8 Å². The molecule has 0 spiro atoms. The Bertz CT molecular complexity index is 1220. The lowest BCUT2D eigenvalue weighted by Crippen LogP contribution is -2.49. The van der Waals surface area contributed by atoms with Crippen molar-refractivity contribution in [2.75, 3.05) is 20.1 Å². The number of aromatic nitrogens is 2. The van der Waals surface area contributed by atoms with Crippen molar-refractivity contribution in [1.82, 2.24) is 20.0 Å². The van der Waals surface area contributed by atoms with Gasteiger partial charge in [-0.1, -0.05) is 41.9 Å². The lowest BCUT2D eigenvalue weighted by molar-refractivity contribution is -0.133. The van der Waals surface area contributed by atoms with Gasteiger partial charge in [0.2, 0.25) is 5.91 Å². The van der Waals surface area contributed by atoms with Gasteiger partial charge in [0.1, 0.15) is 5.84 Å². The summed E-state index contributed by atoms with van der Waals surface area (Å²) in [6.45, 7) is 1.18. The topological polar surface area (TPSA) is 90.6 Å². The average molecular weight is 435 g/mol. The van der Waals surface area contributed by atoms with Crippen LogP contribution in [0.25, 0.3) is 22.3 Å². The number of benzene rings is 2. The van der Waals surface area contributed by atoms with Crippen LogP contribution >= 0.6 is 11.6 Å². The van der Waals surface area contributed by atoms with Crippen molar-refractivity contribution in [3.05, 3.63) is 64.8 Å². The summed E-state index contributed by atoms with van der Waals surface area (Å²) in [6.07, 6.45) is 3.07. The number of rotatable bonds is 3. The molecule has 8 heteroatoms. The van der Waals surface area contributed by atoms with E-state index in [0.29, 0.717) is 30.4 Å². The maximum absolute atomic E-state index is 12.5. The van der Waals surface area contributed by atoms with Crippen LogP contribution in [0.15, 0.2) is 53.7 Å². The molecule has 1 saturated heterocycles. The van der Waals surface area contributed by atoms with Crippen molar-refractivity contribution in [3.8, 4) is 0 Å². The highest BCUT2D eigenvalue weighted by Crippen LogP contribution is 2.38. The maximum Gasteiger partial charge on any atom is 0.224 e. The minimum Gasteiger partial charge on any atom is -0.386 e. The van der Waals surface area contributed by atoms with Crippen molar-refractivity contribution in [2.45, 2.75) is 18.9 Å². The van der Waals surface area contributed by atoms with Crippen LogP contribution in [0.5, 0.6) is 0 Å². The lowest BCUT2D eigenvalue weighted by atomic mass is 9.96. The molecule has 3 N–H and O–H groups in total. The Labute approximate surface area is 185 Å². The third-order valence-corrected chi connectivity index (χ3v) is 6.29. The average Bonchev–Trinajstić information content (AvgIpc) is 3.25. The molecule has 1 unspecified atom stereocenters. The molecule has 7 nitrogen and oxygen atoms in total. The number of hydrogen-bond donors (Lipinski definition) is 2. The van der Waals surface area contributed by atoms with E-state index in [1.165, 1.54) is 0 Å². The first kappa shape index (κ1) is 19.6. The molecule has 0 bridgehead atoms. The molecule has 1 fully saturated rings. The summed E-state index contributed by atoms with van der Waals surface area (Å²) in [5.74, 6) is 0.672. The summed E-state index contributed by atoms with van der Waals surface area (Å²) in [4.78, 5) is 21.3. The van der Waals surface area contributed by atoms with Crippen LogP contribution in [0.1, 0.15) is 24.0 Å². The third kappa shape index (κ3) is 3.55. The van der Waals surface area contributed by atoms with Crippen LogP contribution in [-0.2, 0) is 4.79 Å². The number of aromatic amines is 1. The molecule has 1 amide bonds. The molecule has 0 aliphatic carbocycles. The van der Waals surface area contributed by atoms with Gasteiger partial charge >= 0.3 is 0 Å². The van der Waals surface area contributed by atoms with Gasteiger partial charge in [-0.05, 0) is 18.6 Å². The van der Waals surface area contributed by atoms with Crippen molar-refractivity contribution >= 4 is 45.6 Å². The second-order valence-electron chi connectivity index (χ2n) is 8.05. The van der Waals surface area contributed by atoms with Gasteiger partial charge in [0, 0.05) is 42.6 Å². The summed E-state index contributed by atoms with van der Waals surface area (Å²) >= 11 is 6.59. The molecule has 5 rings (SSSR count). The predicted molar refractivity (Wildman–Crippen MR) is 123 cm³/mol. The third-order valence-electron chi connectivity index (χ3n) is 6.00. The van der Waals surface area contributed by atoms with E-state index in [1.807, 2.05) is 43.4 Å². The number of H-pyrrole nitrogens is 1. The molecule has 0 radical (unpaired) electrons. The van der Waals surface area contributed by atoms with Crippen LogP contribution in [0.2, 0.25) is 5.02 Å². The van der Waals surface area contributed by atoms with Crippen molar-refractivity contribution < 1.29 is 4.79 Å². The zero-order chi connectivity index (χ0) is 21.5. The summed E-state index contributed by atoms with van der Waals surface area (Å²) in [7, 11) is 1.85. The standard InChI is InChI=1S/C23H23ClN6O/c1-29-8-7-17(11-20(29)31)30-13-19(25)27-22(14-5-3-2-4-6-14)23(30)15-9-16-12-26-28-21(16)18(24)10-15/h2-6,9-10,12,17H,7-8,11,13H2,1H3,(H2,25,27)(H,26,28). The number of amidine groups is 1. The fourth-order valence-electron chi connectivity index (χ4n) is 4.38. The van der Waals surface area contributed by atoms with E-state index >= 15 is 0 Å². The maximum atomic E-state index is 12.5. The van der Waals surface area contributed by atoms with Gasteiger partial charge in [0.15, 0.2) is 0 Å². The van der Waals surface area contributed by atoms with Crippen molar-refractivity contribution in [1.29, 1.82) is 0 Å². The largest absolute Gasteiger partial charge is 0.386 e. The number of aliphatic imine (C=N–C) groups is 1. The fraction of sp³-hybridized carbons (Fsp3) is 0.261. The highest BCUT2D eigenvalue weighted by Gasteiger charge is 2.34. The van der Waals surface area contributed by atoms with Gasteiger partial charge in [-0.2, -0.15) is 5.10 Å². The minimum atomic E-state index is 0.0327. The number of nitrogens with two attached hydrogens (primary N) is 1. The molecule has 3 heterocycles. The lowest BCUT2D eigenvalue weighted by Gasteiger charge is -2.41. The molecule has 2 aromatic carbocycles. The van der Waals surface area contributed by atoms with Gasteiger partial charge < -0.3 is 15.5 Å². The number of likely N-dealkylation sites (tertiary alicyclic amines) is 1. The Hall–Kier alpha value is -3.32. The fourth-order valence-corrected chi connectivity index (χ4v) is 4.65. The SMILES string of the molecule is CN1CCC(N2CC(N)=NC(c3ccccc3)=C2c2cc(Cl)c3[nH]ncc3c2)CC1=O. The second-order valence-corrected chi connectivity index (χ2v) is 8.46. The van der Waals surface area contributed by atoms with Gasteiger partial charge in [-0.3, -0.25) is 9.89 Å². The highest BCUT2D eigenvalue weighted by molar-refractivity contribution is 6.35. The first-order valence-corrected chi connectivity index (χ1v) is 10.7. The first-order chi connectivity index (χ1) is 15.0. The molecule has 1 atom stereocenters. The summed E-state index contributed by atoms with van der Waals surface area (Å²) in [5.41, 5.74) is 10.7. The molecule has 3 aromatic rings. The number of carbonyl (C=O) groups is 1. The van der Waals surface area contributed by atoms with Crippen molar-refractivity contribution in [3.63, 3.8) is 0 Å². The van der Waals surface area contributed by atoms with Gasteiger partial charge in [0.05, 0.1) is 34.7 Å². The minimum absolute atomic E-state index is 0.0327. The molecule has 158 valence electrons. The summed E-state index contributed by atoms with van der Waals surface area (Å²) in [5, 5.41) is 8.58. The Morgan fingerprint density at radius 3 is 2.77 bits per heavy atom. The molecule has 0 saturated carbocycles. The zero-order valence-corrected chi connectivity index (χ0v) is 17.9. The normalized spacial score (nSPS) is 19.9. The Morgan fingerprint density at radius 1 is 1.19 bits per heavy atom. The molecular formula is C23H23ClN6O. The Kier molecular flexibility index (Phi) is 4.90. The van der Waals surface area contributed by atoms with Crippen LogP contribution in [0.4, 0.5) is 0 Å². The van der Waals surface area contributed by atoms with Crippen LogP contribution < -0.4 is 5.73 Å². The van der Waals surface area contributed by atoms with E-state index in [-0.39, 0.29) is 11.9 Å². The number of nitrogens with one attached hydrogen (secondary N) is 1. The molecule has 2 aliphatic rings. The number of halogens is 1. The van der Waals surface area contributed by atoms with Crippen LogP contribution in [0, 0.1) is 0 Å². The Balaban J connectivity index is 1.71. The smallest absolute Gasteiger partial charge is 0.224 e. The van der Waals surface area contributed by atoms with E-state index < -0.39 is 0 Å². The van der Waals surface area contributed by atoms with E-state index in [2.05, 4.69) is 21.2 Å². The number of carbonyl (C=O) groups excluding carboxylic acids is 1. The summed E-state index contributed by atoms with van der Waals surface area (Å²) in [6, 6.07) is 14.0. The number of piperidine rings is 1. The van der Waals surface area contributed by atoms with Gasteiger partial charge in [-0.15, -0.1) is 0 Å². The highest BCUT2D eigenvalue weighted by atomic mass is 35.5. The van der Waals surface area contributed by atoms with E-state index in [1.54, 1.807) is 11.1 Å². The zero-order valence-electron chi connectivity index (χ0n) is 17.2. The van der Waals surface area contributed by atoms with Crippen LogP contribution in [0.3, 0.4) is 0 Å². The molecule has 2 aliphatic heterocycles. The van der Waals surface area contributed by atoms with Gasteiger partial charge in [-0.25, -0.2) is 4.99 Å². The van der Waals surface area contributed by atoms with E-state index in [9.17, 15) is 4.79 Å². The number of nitrogens with zero attached hydrogens (tertiary/aromatic N) is 4. The second kappa shape index (κ2) is 7.74. The van der Waals surface area contributed by atoms with Crippen molar-refractivity contribution in [2.24, 2.45) is 10.7 Å². The quantitative estimate of drug-likeness (QED) is 0.661. The monoisotopic (exact) mass is 434 g/mol. The summed E-state index contributed by atoms with van der Waals surface area (Å²) < 4.78 is 0. The Morgan fingerprint density at radius 2 is 2.00 bits per heavy atom. The molecule has 1 aromatic heterocycles. The van der Waals surface area contributed by atoms with E-state index in [4.69, 9.17) is 22.3 Å². The van der Waals surface area contributed by atoms with Crippen LogP contribution in [-0.4, -0.2) is 57.9 Å².